The Bertz CT molecular complexity index is 263. The van der Waals surface area contributed by atoms with E-state index in [0.717, 1.165) is 5.56 Å². The van der Waals surface area contributed by atoms with Crippen molar-refractivity contribution in [3.63, 3.8) is 0 Å². The number of aliphatic hydroxyl groups excluding tert-OH is 1. The first-order valence-corrected chi connectivity index (χ1v) is 4.79. The van der Waals surface area contributed by atoms with Crippen LogP contribution in [0.3, 0.4) is 0 Å². The number of β-amino-alcohol motifs (C(OH)–C–C–N with tert-alkyl or cyclic N) is 1. The van der Waals surface area contributed by atoms with E-state index in [1.807, 2.05) is 0 Å². The molecule has 0 bridgehead atoms. The van der Waals surface area contributed by atoms with Crippen molar-refractivity contribution in [1.29, 1.82) is 0 Å². The lowest BCUT2D eigenvalue weighted by atomic mass is 10.1. The van der Waals surface area contributed by atoms with Gasteiger partial charge in [0.2, 0.25) is 0 Å². The molecule has 1 aromatic carbocycles. The number of rotatable bonds is 3. The predicted octanol–water partition coefficient (Wildman–Crippen LogP) is 1.71. The lowest BCUT2D eigenvalue weighted by molar-refractivity contribution is 0.163. The van der Waals surface area contributed by atoms with Crippen LogP contribution in [0.4, 0.5) is 0 Å². The fraction of sp³-hybridized carbons (Fsp3) is 0.500. The third kappa shape index (κ3) is 3.90. The van der Waals surface area contributed by atoms with Crippen LogP contribution in [0.5, 0.6) is 0 Å². The van der Waals surface area contributed by atoms with Crippen LogP contribution >= 0.6 is 0 Å². The summed E-state index contributed by atoms with van der Waals surface area (Å²) < 4.78 is 0. The summed E-state index contributed by atoms with van der Waals surface area (Å²) >= 11 is 0. The van der Waals surface area contributed by atoms with Gasteiger partial charge in [-0.05, 0) is 56.7 Å². The Morgan fingerprint density at radius 3 is 2.43 bits per heavy atom. The number of nitrogens with one attached hydrogen (secondary N) is 1. The minimum absolute atomic E-state index is 0.0309. The van der Waals surface area contributed by atoms with Gasteiger partial charge in [0.15, 0.2) is 0 Å². The van der Waals surface area contributed by atoms with Crippen molar-refractivity contribution in [1.82, 2.24) is 5.32 Å². The molecule has 1 unspecified atom stereocenters. The number of benzene rings is 1. The van der Waals surface area contributed by atoms with Crippen molar-refractivity contribution in [2.24, 2.45) is 0 Å². The van der Waals surface area contributed by atoms with Gasteiger partial charge < -0.3 is 10.4 Å². The largest absolute Gasteiger partial charge is 0.387 e. The maximum absolute atomic E-state index is 9.78. The molecule has 0 saturated heterocycles. The van der Waals surface area contributed by atoms with E-state index in [9.17, 15) is 5.11 Å². The summed E-state index contributed by atoms with van der Waals surface area (Å²) in [6.07, 6.45) is -0.483. The Balaban J connectivity index is 2.48. The third-order valence-corrected chi connectivity index (χ3v) is 1.88. The quantitative estimate of drug-likeness (QED) is 0.762. The molecule has 2 radical (unpaired) electrons. The number of hydrogen-bond donors (Lipinski definition) is 2. The molecular weight excluding hydrogens is 174 g/mol. The Morgan fingerprint density at radius 2 is 1.93 bits per heavy atom. The van der Waals surface area contributed by atoms with Crippen LogP contribution in [0.1, 0.15) is 32.4 Å². The Hall–Kier alpha value is -0.860. The van der Waals surface area contributed by atoms with Crippen LogP contribution in [0.2, 0.25) is 0 Å². The van der Waals surface area contributed by atoms with E-state index in [4.69, 9.17) is 0 Å². The van der Waals surface area contributed by atoms with Crippen LogP contribution in [0.25, 0.3) is 0 Å². The molecule has 0 aliphatic heterocycles. The van der Waals surface area contributed by atoms with Crippen molar-refractivity contribution in [2.75, 3.05) is 6.54 Å². The molecule has 0 aliphatic rings. The Kier molecular flexibility index (Phi) is 3.67. The second-order valence-electron chi connectivity index (χ2n) is 4.41. The number of aliphatic hydroxyl groups is 1. The molecule has 0 spiro atoms. The lowest BCUT2D eigenvalue weighted by Gasteiger charge is -2.22. The average Bonchev–Trinajstić information content (AvgIpc) is 2.14. The Labute approximate surface area is 86.0 Å². The van der Waals surface area contributed by atoms with E-state index < -0.39 is 6.10 Å². The Morgan fingerprint density at radius 1 is 1.36 bits per heavy atom. The van der Waals surface area contributed by atoms with Gasteiger partial charge in [-0.1, -0.05) is 0 Å². The summed E-state index contributed by atoms with van der Waals surface area (Å²) in [4.78, 5) is 0. The normalized spacial score (nSPS) is 14.0. The summed E-state index contributed by atoms with van der Waals surface area (Å²) in [7, 11) is 0. The van der Waals surface area contributed by atoms with Crippen LogP contribution in [-0.4, -0.2) is 17.2 Å². The zero-order valence-electron chi connectivity index (χ0n) is 8.96. The highest BCUT2D eigenvalue weighted by Crippen LogP contribution is 2.11. The molecule has 1 rings (SSSR count). The van der Waals surface area contributed by atoms with E-state index in [1.165, 1.54) is 0 Å². The molecule has 0 fully saturated rings. The van der Waals surface area contributed by atoms with Crippen LogP contribution in [-0.2, 0) is 0 Å². The van der Waals surface area contributed by atoms with Crippen molar-refractivity contribution < 1.29 is 5.11 Å². The van der Waals surface area contributed by atoms with Gasteiger partial charge in [0.25, 0.3) is 0 Å². The van der Waals surface area contributed by atoms with Gasteiger partial charge in [-0.15, -0.1) is 0 Å². The molecule has 76 valence electrons. The molecule has 0 aliphatic carbocycles. The second kappa shape index (κ2) is 4.58. The van der Waals surface area contributed by atoms with Gasteiger partial charge in [0.05, 0.1) is 6.10 Å². The lowest BCUT2D eigenvalue weighted by Crippen LogP contribution is -2.38. The highest BCUT2D eigenvalue weighted by atomic mass is 16.3. The maximum Gasteiger partial charge on any atom is 0.0915 e. The van der Waals surface area contributed by atoms with Crippen molar-refractivity contribution in [2.45, 2.75) is 32.4 Å². The molecule has 0 heterocycles. The predicted molar refractivity (Wildman–Crippen MR) is 56.8 cm³/mol. The minimum Gasteiger partial charge on any atom is -0.387 e. The third-order valence-electron chi connectivity index (χ3n) is 1.88. The summed E-state index contributed by atoms with van der Waals surface area (Å²) in [5.41, 5.74) is 0.882. The minimum atomic E-state index is -0.483. The highest BCUT2D eigenvalue weighted by molar-refractivity contribution is 5.15. The fourth-order valence-corrected chi connectivity index (χ4v) is 1.08. The SMILES string of the molecule is CC(C)(C)NCC(O)c1c[c]c[c]c1. The molecule has 2 N–H and O–H groups in total. The van der Waals surface area contributed by atoms with Gasteiger partial charge >= 0.3 is 0 Å². The smallest absolute Gasteiger partial charge is 0.0915 e. The van der Waals surface area contributed by atoms with Crippen LogP contribution in [0.15, 0.2) is 18.2 Å². The highest BCUT2D eigenvalue weighted by Gasteiger charge is 2.12. The topological polar surface area (TPSA) is 32.3 Å². The van der Waals surface area contributed by atoms with E-state index in [0.29, 0.717) is 6.54 Å². The molecule has 1 aromatic rings. The van der Waals surface area contributed by atoms with Gasteiger partial charge in [-0.2, -0.15) is 0 Å². The molecule has 2 nitrogen and oxygen atoms in total. The fourth-order valence-electron chi connectivity index (χ4n) is 1.08. The first-order valence-electron chi connectivity index (χ1n) is 4.79. The average molecular weight is 191 g/mol. The van der Waals surface area contributed by atoms with Gasteiger partial charge in [-0.3, -0.25) is 0 Å². The van der Waals surface area contributed by atoms with Gasteiger partial charge in [0, 0.05) is 12.1 Å². The number of hydrogen-bond acceptors (Lipinski definition) is 2. The zero-order valence-corrected chi connectivity index (χ0v) is 8.96. The zero-order chi connectivity index (χ0) is 10.6. The van der Waals surface area contributed by atoms with Crippen LogP contribution < -0.4 is 5.32 Å². The molecule has 0 saturated carbocycles. The van der Waals surface area contributed by atoms with Gasteiger partial charge in [-0.25, -0.2) is 0 Å². The summed E-state index contributed by atoms with van der Waals surface area (Å²) in [6, 6.07) is 11.1. The maximum atomic E-state index is 9.78. The first kappa shape index (κ1) is 11.2. The summed E-state index contributed by atoms with van der Waals surface area (Å²) in [5, 5.41) is 13.0. The summed E-state index contributed by atoms with van der Waals surface area (Å²) in [6.45, 7) is 6.77. The molecule has 2 heteroatoms. The van der Waals surface area contributed by atoms with Crippen molar-refractivity contribution in [3.8, 4) is 0 Å². The first-order chi connectivity index (χ1) is 6.49. The van der Waals surface area contributed by atoms with Crippen molar-refractivity contribution >= 4 is 0 Å². The summed E-state index contributed by atoms with van der Waals surface area (Å²) in [5.74, 6) is 0. The van der Waals surface area contributed by atoms with Gasteiger partial charge in [0.1, 0.15) is 0 Å². The van der Waals surface area contributed by atoms with E-state index >= 15 is 0 Å². The molecule has 0 aromatic heterocycles. The van der Waals surface area contributed by atoms with E-state index in [1.54, 1.807) is 18.2 Å². The van der Waals surface area contributed by atoms with E-state index in [-0.39, 0.29) is 5.54 Å². The monoisotopic (exact) mass is 191 g/mol. The molecular formula is C12H17NO. The molecule has 1 atom stereocenters. The molecule has 14 heavy (non-hydrogen) atoms. The van der Waals surface area contributed by atoms with Crippen LogP contribution in [0, 0.1) is 12.1 Å². The molecule has 0 amide bonds. The van der Waals surface area contributed by atoms with Crippen molar-refractivity contribution in [3.05, 3.63) is 35.9 Å². The van der Waals surface area contributed by atoms with E-state index in [2.05, 4.69) is 38.2 Å². The standard InChI is InChI=1S/C12H17NO/c1-12(2,3)13-9-11(14)10-7-5-4-6-8-10/h4,7-8,11,13-14H,9H2,1-3H3. The second-order valence-corrected chi connectivity index (χ2v) is 4.41.